The SMILES string of the molecule is [N-]=[N+]=NCCCCCS(=O)c1cccc2c1C(=O)N(C1CCC(=O)NC1=O)C2=O. The van der Waals surface area contributed by atoms with Crippen LogP contribution in [-0.2, 0) is 20.4 Å². The molecule has 1 N–H and O–H groups in total. The molecule has 2 atom stereocenters. The number of azide groups is 1. The van der Waals surface area contributed by atoms with Crippen LogP contribution in [0.25, 0.3) is 10.4 Å². The van der Waals surface area contributed by atoms with Gasteiger partial charge in [-0.05, 0) is 36.9 Å². The highest BCUT2D eigenvalue weighted by molar-refractivity contribution is 7.85. The van der Waals surface area contributed by atoms with Crippen LogP contribution in [0.5, 0.6) is 0 Å². The first-order valence-electron chi connectivity index (χ1n) is 9.19. The number of rotatable bonds is 8. The van der Waals surface area contributed by atoms with E-state index < -0.39 is 40.5 Å². The van der Waals surface area contributed by atoms with Gasteiger partial charge in [0.05, 0.1) is 26.8 Å². The molecule has 2 unspecified atom stereocenters. The van der Waals surface area contributed by atoms with E-state index in [0.717, 1.165) is 11.3 Å². The maximum absolute atomic E-state index is 13.0. The molecule has 152 valence electrons. The third-order valence-corrected chi connectivity index (χ3v) is 6.32. The summed E-state index contributed by atoms with van der Waals surface area (Å²) in [6, 6.07) is 3.53. The zero-order chi connectivity index (χ0) is 21.0. The van der Waals surface area contributed by atoms with Crippen molar-refractivity contribution in [2.24, 2.45) is 5.11 Å². The number of piperidine rings is 1. The molecule has 4 amide bonds. The summed E-state index contributed by atoms with van der Waals surface area (Å²) in [5.74, 6) is -2.10. The highest BCUT2D eigenvalue weighted by Gasteiger charge is 2.45. The number of unbranched alkanes of at least 4 members (excludes halogenated alkanes) is 2. The third-order valence-electron chi connectivity index (χ3n) is 4.83. The Hall–Kier alpha value is -3.04. The number of benzene rings is 1. The molecular formula is C18H19N5O5S. The van der Waals surface area contributed by atoms with E-state index in [1.165, 1.54) is 6.07 Å². The Bertz CT molecular complexity index is 956. The Morgan fingerprint density at radius 2 is 1.97 bits per heavy atom. The van der Waals surface area contributed by atoms with Gasteiger partial charge in [-0.15, -0.1) is 0 Å². The summed E-state index contributed by atoms with van der Waals surface area (Å²) in [6.07, 6.45) is 2.11. The average molecular weight is 417 g/mol. The Balaban J connectivity index is 1.76. The van der Waals surface area contributed by atoms with Gasteiger partial charge in [0.2, 0.25) is 11.8 Å². The van der Waals surface area contributed by atoms with Crippen molar-refractivity contribution >= 4 is 34.4 Å². The maximum Gasteiger partial charge on any atom is 0.263 e. The number of nitrogens with one attached hydrogen (secondary N) is 1. The van der Waals surface area contributed by atoms with Gasteiger partial charge in [0.15, 0.2) is 0 Å². The normalized spacial score (nSPS) is 19.6. The maximum atomic E-state index is 13.0. The van der Waals surface area contributed by atoms with Gasteiger partial charge < -0.3 is 0 Å². The largest absolute Gasteiger partial charge is 0.295 e. The molecule has 0 saturated carbocycles. The second-order valence-corrected chi connectivity index (χ2v) is 8.23. The van der Waals surface area contributed by atoms with Crippen molar-refractivity contribution in [2.75, 3.05) is 12.3 Å². The first kappa shape index (κ1) is 20.7. The molecule has 2 aliphatic heterocycles. The molecule has 0 bridgehead atoms. The fourth-order valence-corrected chi connectivity index (χ4v) is 4.76. The lowest BCUT2D eigenvalue weighted by Crippen LogP contribution is -2.54. The summed E-state index contributed by atoms with van der Waals surface area (Å²) >= 11 is 0. The third kappa shape index (κ3) is 4.20. The molecular weight excluding hydrogens is 398 g/mol. The topological polar surface area (TPSA) is 149 Å². The number of amides is 4. The quantitative estimate of drug-likeness (QED) is 0.224. The van der Waals surface area contributed by atoms with Gasteiger partial charge in [0, 0.05) is 23.6 Å². The molecule has 10 nitrogen and oxygen atoms in total. The van der Waals surface area contributed by atoms with E-state index in [2.05, 4.69) is 15.3 Å². The smallest absolute Gasteiger partial charge is 0.263 e. The lowest BCUT2D eigenvalue weighted by atomic mass is 10.0. The van der Waals surface area contributed by atoms with Crippen molar-refractivity contribution in [1.82, 2.24) is 10.2 Å². The number of carbonyl (C=O) groups is 4. The summed E-state index contributed by atoms with van der Waals surface area (Å²) in [6.45, 7) is 0.373. The molecule has 1 saturated heterocycles. The summed E-state index contributed by atoms with van der Waals surface area (Å²) in [5.41, 5.74) is 8.43. The Morgan fingerprint density at radius 1 is 1.17 bits per heavy atom. The van der Waals surface area contributed by atoms with E-state index in [4.69, 9.17) is 5.53 Å². The van der Waals surface area contributed by atoms with Crippen LogP contribution in [-0.4, -0.2) is 51.1 Å². The second kappa shape index (κ2) is 8.97. The summed E-state index contributed by atoms with van der Waals surface area (Å²) in [4.78, 5) is 53.0. The fourth-order valence-electron chi connectivity index (χ4n) is 3.42. The molecule has 2 aliphatic rings. The van der Waals surface area contributed by atoms with Crippen molar-refractivity contribution in [2.45, 2.75) is 43.0 Å². The van der Waals surface area contributed by atoms with Crippen molar-refractivity contribution in [1.29, 1.82) is 0 Å². The highest BCUT2D eigenvalue weighted by atomic mass is 32.2. The van der Waals surface area contributed by atoms with Crippen LogP contribution in [0.2, 0.25) is 0 Å². The van der Waals surface area contributed by atoms with Gasteiger partial charge in [-0.1, -0.05) is 17.6 Å². The highest BCUT2D eigenvalue weighted by Crippen LogP contribution is 2.31. The Kier molecular flexibility index (Phi) is 6.40. The van der Waals surface area contributed by atoms with Gasteiger partial charge in [0.25, 0.3) is 11.8 Å². The van der Waals surface area contributed by atoms with Crippen LogP contribution in [0.4, 0.5) is 0 Å². The van der Waals surface area contributed by atoms with Gasteiger partial charge >= 0.3 is 0 Å². The minimum Gasteiger partial charge on any atom is -0.295 e. The predicted octanol–water partition coefficient (Wildman–Crippen LogP) is 1.68. The summed E-state index contributed by atoms with van der Waals surface area (Å²) in [7, 11) is -1.50. The molecule has 0 aliphatic carbocycles. The number of nitrogens with zero attached hydrogens (tertiary/aromatic N) is 4. The molecule has 0 radical (unpaired) electrons. The van der Waals surface area contributed by atoms with Gasteiger partial charge in [-0.2, -0.15) is 0 Å². The number of hydrogen-bond donors (Lipinski definition) is 1. The monoisotopic (exact) mass is 417 g/mol. The zero-order valence-electron chi connectivity index (χ0n) is 15.5. The lowest BCUT2D eigenvalue weighted by molar-refractivity contribution is -0.136. The predicted molar refractivity (Wildman–Crippen MR) is 102 cm³/mol. The van der Waals surface area contributed by atoms with Crippen LogP contribution in [0.15, 0.2) is 28.2 Å². The van der Waals surface area contributed by atoms with Crippen LogP contribution >= 0.6 is 0 Å². The Labute approximate surface area is 168 Å². The zero-order valence-corrected chi connectivity index (χ0v) is 16.3. The van der Waals surface area contributed by atoms with Crippen LogP contribution in [0.3, 0.4) is 0 Å². The lowest BCUT2D eigenvalue weighted by Gasteiger charge is -2.27. The fraction of sp³-hybridized carbons (Fsp3) is 0.444. The minimum absolute atomic E-state index is 0.0401. The van der Waals surface area contributed by atoms with E-state index in [-0.39, 0.29) is 28.9 Å². The van der Waals surface area contributed by atoms with Crippen LogP contribution < -0.4 is 5.32 Å². The molecule has 29 heavy (non-hydrogen) atoms. The first-order valence-corrected chi connectivity index (χ1v) is 10.5. The minimum atomic E-state index is -1.50. The van der Waals surface area contributed by atoms with Crippen LogP contribution in [0, 0.1) is 0 Å². The van der Waals surface area contributed by atoms with Crippen LogP contribution in [0.1, 0.15) is 52.8 Å². The molecule has 11 heteroatoms. The molecule has 1 aromatic rings. The molecule has 0 aromatic heterocycles. The number of imide groups is 2. The van der Waals surface area contributed by atoms with Gasteiger partial charge in [0.1, 0.15) is 6.04 Å². The van der Waals surface area contributed by atoms with Crippen molar-refractivity contribution < 1.29 is 23.4 Å². The molecule has 3 rings (SSSR count). The van der Waals surface area contributed by atoms with Crippen molar-refractivity contribution in [3.8, 4) is 0 Å². The van der Waals surface area contributed by atoms with Gasteiger partial charge in [-0.25, -0.2) is 0 Å². The van der Waals surface area contributed by atoms with Crippen molar-refractivity contribution in [3.63, 3.8) is 0 Å². The van der Waals surface area contributed by atoms with E-state index in [0.29, 0.717) is 25.1 Å². The number of hydrogen-bond acceptors (Lipinski definition) is 6. The van der Waals surface area contributed by atoms with Gasteiger partial charge in [-0.3, -0.25) is 33.6 Å². The number of fused-ring (bicyclic) bond motifs is 1. The average Bonchev–Trinajstić information content (AvgIpc) is 2.95. The summed E-state index contributed by atoms with van der Waals surface area (Å²) in [5, 5.41) is 5.59. The summed E-state index contributed by atoms with van der Waals surface area (Å²) < 4.78 is 12.8. The standard InChI is InChI=1S/C18H19N5O5S/c19-22-20-9-2-1-3-10-29(28)13-6-4-5-11-15(13)18(27)23(17(11)26)12-7-8-14(24)21-16(12)25/h4-6,12H,1-3,7-10H2,(H,21,24,25). The van der Waals surface area contributed by atoms with Crippen molar-refractivity contribution in [3.05, 3.63) is 39.8 Å². The van der Waals surface area contributed by atoms with E-state index in [1.807, 2.05) is 0 Å². The van der Waals surface area contributed by atoms with E-state index in [1.54, 1.807) is 12.1 Å². The second-order valence-electron chi connectivity index (χ2n) is 6.69. The number of carbonyl (C=O) groups excluding carboxylic acids is 4. The molecule has 1 fully saturated rings. The van der Waals surface area contributed by atoms with E-state index >= 15 is 0 Å². The molecule has 1 aromatic carbocycles. The first-order chi connectivity index (χ1) is 14.0. The molecule has 0 spiro atoms. The Morgan fingerprint density at radius 3 is 2.69 bits per heavy atom. The van der Waals surface area contributed by atoms with E-state index in [9.17, 15) is 23.4 Å². The molecule has 2 heterocycles.